The van der Waals surface area contributed by atoms with Crippen LogP contribution in [-0.4, -0.2) is 49.3 Å². The van der Waals surface area contributed by atoms with Crippen LogP contribution in [0.4, 0.5) is 0 Å². The van der Waals surface area contributed by atoms with Crippen LogP contribution < -0.4 is 0 Å². The standard InChI is InChI=1S/C32H68P2/c1-7-13-23-33(24-14-8-2,25-15-9-3)29-31-19-21-32(22-20-31)30-34(26-16-10-4,27-17-11-5)28-18-12-6/h31-32H,7-30H2,1-6H3/q+2. The highest BCUT2D eigenvalue weighted by molar-refractivity contribution is 7.76. The Labute approximate surface area is 219 Å². The van der Waals surface area contributed by atoms with Gasteiger partial charge in [0.05, 0.1) is 49.3 Å². The molecular formula is C32H68P2+2. The van der Waals surface area contributed by atoms with Gasteiger partial charge in [-0.3, -0.25) is 0 Å². The molecule has 0 heterocycles. The molecule has 0 saturated heterocycles. The van der Waals surface area contributed by atoms with Gasteiger partial charge in [-0.15, -0.1) is 0 Å². The second-order valence-corrected chi connectivity index (χ2v) is 21.2. The van der Waals surface area contributed by atoms with E-state index in [9.17, 15) is 0 Å². The third kappa shape index (κ3) is 12.9. The largest absolute Gasteiger partial charge is 0.0652 e. The zero-order chi connectivity index (χ0) is 25.1. The zero-order valence-corrected chi connectivity index (χ0v) is 26.8. The Hall–Kier alpha value is 0.860. The first-order chi connectivity index (χ1) is 16.5. The maximum Gasteiger partial charge on any atom is 0.0622 e. The van der Waals surface area contributed by atoms with Gasteiger partial charge in [-0.2, -0.15) is 0 Å². The Bertz CT molecular complexity index is 366. The molecule has 0 amide bonds. The van der Waals surface area contributed by atoms with Gasteiger partial charge in [0.15, 0.2) is 0 Å². The minimum atomic E-state index is -0.712. The summed E-state index contributed by atoms with van der Waals surface area (Å²) < 4.78 is 0. The van der Waals surface area contributed by atoms with E-state index in [1.807, 2.05) is 0 Å². The maximum atomic E-state index is 2.42. The first kappa shape index (κ1) is 32.9. The molecule has 1 rings (SSSR count). The van der Waals surface area contributed by atoms with Gasteiger partial charge in [0.1, 0.15) is 0 Å². The monoisotopic (exact) mass is 514 g/mol. The van der Waals surface area contributed by atoms with Crippen LogP contribution in [0.1, 0.15) is 144 Å². The lowest BCUT2D eigenvalue weighted by atomic mass is 9.84. The molecule has 0 aromatic heterocycles. The molecule has 204 valence electrons. The minimum absolute atomic E-state index is 0.712. The highest BCUT2D eigenvalue weighted by Crippen LogP contribution is 2.65. The number of unbranched alkanes of at least 4 members (excludes halogenated alkanes) is 6. The third-order valence-electron chi connectivity index (χ3n) is 9.17. The smallest absolute Gasteiger partial charge is 0.0622 e. The minimum Gasteiger partial charge on any atom is -0.0652 e. The van der Waals surface area contributed by atoms with Crippen molar-refractivity contribution in [3.63, 3.8) is 0 Å². The molecule has 1 fully saturated rings. The highest BCUT2D eigenvalue weighted by Gasteiger charge is 2.42. The van der Waals surface area contributed by atoms with E-state index in [4.69, 9.17) is 0 Å². The van der Waals surface area contributed by atoms with Gasteiger partial charge in [0.25, 0.3) is 0 Å². The van der Waals surface area contributed by atoms with E-state index >= 15 is 0 Å². The lowest BCUT2D eigenvalue weighted by molar-refractivity contribution is 0.311. The van der Waals surface area contributed by atoms with Crippen LogP contribution in [-0.2, 0) is 0 Å². The quantitative estimate of drug-likeness (QED) is 0.126. The molecule has 0 N–H and O–H groups in total. The molecule has 1 saturated carbocycles. The Balaban J connectivity index is 2.79. The summed E-state index contributed by atoms with van der Waals surface area (Å²) in [5, 5.41) is 0. The third-order valence-corrected chi connectivity index (χ3v) is 19.3. The molecule has 0 bridgehead atoms. The lowest BCUT2D eigenvalue weighted by Gasteiger charge is -2.37. The van der Waals surface area contributed by atoms with Crippen molar-refractivity contribution in [3.8, 4) is 0 Å². The van der Waals surface area contributed by atoms with Crippen LogP contribution in [0, 0.1) is 11.8 Å². The van der Waals surface area contributed by atoms with Gasteiger partial charge in [-0.05, 0) is 76.0 Å². The van der Waals surface area contributed by atoms with Crippen molar-refractivity contribution in [1.29, 1.82) is 0 Å². The van der Waals surface area contributed by atoms with Crippen molar-refractivity contribution in [2.45, 2.75) is 144 Å². The average Bonchev–Trinajstić information content (AvgIpc) is 2.86. The summed E-state index contributed by atoms with van der Waals surface area (Å²) in [6.07, 6.45) is 37.0. The molecule has 34 heavy (non-hydrogen) atoms. The molecule has 0 aromatic carbocycles. The van der Waals surface area contributed by atoms with Gasteiger partial charge in [-0.25, -0.2) is 0 Å². The van der Waals surface area contributed by atoms with Gasteiger partial charge in [0, 0.05) is 14.5 Å². The van der Waals surface area contributed by atoms with Crippen LogP contribution in [0.5, 0.6) is 0 Å². The summed E-state index contributed by atoms with van der Waals surface area (Å²) in [5.74, 6) is 2.18. The van der Waals surface area contributed by atoms with Crippen LogP contribution in [0.25, 0.3) is 0 Å². The molecule has 0 spiro atoms. The first-order valence-electron chi connectivity index (χ1n) is 16.2. The van der Waals surface area contributed by atoms with Crippen molar-refractivity contribution >= 4 is 14.5 Å². The van der Waals surface area contributed by atoms with Crippen molar-refractivity contribution in [2.75, 3.05) is 49.3 Å². The Morgan fingerprint density at radius 3 is 0.765 bits per heavy atom. The normalized spacial score (nSPS) is 19.6. The van der Waals surface area contributed by atoms with Crippen molar-refractivity contribution in [1.82, 2.24) is 0 Å². The molecule has 0 unspecified atom stereocenters. The van der Waals surface area contributed by atoms with Crippen LogP contribution in [0.2, 0.25) is 0 Å². The fourth-order valence-electron chi connectivity index (χ4n) is 6.87. The molecule has 0 aromatic rings. The summed E-state index contributed by atoms with van der Waals surface area (Å²) in [6, 6.07) is 0. The van der Waals surface area contributed by atoms with Crippen molar-refractivity contribution in [2.24, 2.45) is 11.8 Å². The van der Waals surface area contributed by atoms with Crippen LogP contribution in [0.3, 0.4) is 0 Å². The summed E-state index contributed by atoms with van der Waals surface area (Å²) in [7, 11) is -1.42. The lowest BCUT2D eigenvalue weighted by Crippen LogP contribution is -2.26. The SMILES string of the molecule is CCCC[P+](CCCC)(CCCC)CC1CCC(C[P+](CCCC)(CCCC)CCCC)CC1. The Morgan fingerprint density at radius 1 is 0.382 bits per heavy atom. The highest BCUT2D eigenvalue weighted by atomic mass is 31.2. The van der Waals surface area contributed by atoms with Crippen LogP contribution >= 0.6 is 14.5 Å². The zero-order valence-electron chi connectivity index (χ0n) is 25.0. The molecular weight excluding hydrogens is 446 g/mol. The Morgan fingerprint density at radius 2 is 0.588 bits per heavy atom. The second-order valence-electron chi connectivity index (χ2n) is 12.4. The van der Waals surface area contributed by atoms with E-state index in [0.29, 0.717) is 0 Å². The van der Waals surface area contributed by atoms with Crippen molar-refractivity contribution in [3.05, 3.63) is 0 Å². The van der Waals surface area contributed by atoms with Gasteiger partial charge in [0.2, 0.25) is 0 Å². The fraction of sp³-hybridized carbons (Fsp3) is 1.00. The van der Waals surface area contributed by atoms with E-state index in [1.54, 1.807) is 75.0 Å². The molecule has 0 nitrogen and oxygen atoms in total. The van der Waals surface area contributed by atoms with Crippen LogP contribution in [0.15, 0.2) is 0 Å². The molecule has 0 atom stereocenters. The van der Waals surface area contributed by atoms with E-state index in [2.05, 4.69) is 41.5 Å². The molecule has 1 aliphatic rings. The summed E-state index contributed by atoms with van der Waals surface area (Å²) in [6.45, 7) is 14.5. The van der Waals surface area contributed by atoms with Gasteiger partial charge < -0.3 is 0 Å². The van der Waals surface area contributed by atoms with E-state index in [-0.39, 0.29) is 0 Å². The predicted octanol–water partition coefficient (Wildman–Crippen LogP) is 11.6. The molecule has 0 aliphatic heterocycles. The van der Waals surface area contributed by atoms with E-state index in [1.165, 1.54) is 77.0 Å². The first-order valence-corrected chi connectivity index (χ1v) is 21.3. The van der Waals surface area contributed by atoms with Gasteiger partial charge in [-0.1, -0.05) is 80.1 Å². The topological polar surface area (TPSA) is 0 Å². The molecule has 0 radical (unpaired) electrons. The maximum absolute atomic E-state index is 2.42. The molecule has 2 heteroatoms. The number of hydrogen-bond acceptors (Lipinski definition) is 0. The van der Waals surface area contributed by atoms with E-state index < -0.39 is 14.5 Å². The number of hydrogen-bond donors (Lipinski definition) is 0. The Kier molecular flexibility index (Phi) is 19.3. The molecule has 1 aliphatic carbocycles. The summed E-state index contributed by atoms with van der Waals surface area (Å²) in [5.41, 5.74) is 0. The van der Waals surface area contributed by atoms with Crippen molar-refractivity contribution < 1.29 is 0 Å². The number of rotatable bonds is 22. The summed E-state index contributed by atoms with van der Waals surface area (Å²) in [4.78, 5) is 0. The predicted molar refractivity (Wildman–Crippen MR) is 168 cm³/mol. The van der Waals surface area contributed by atoms with Gasteiger partial charge >= 0.3 is 0 Å². The average molecular weight is 515 g/mol. The fourth-order valence-corrected chi connectivity index (χ4v) is 18.2. The van der Waals surface area contributed by atoms with E-state index in [0.717, 1.165) is 11.8 Å². The summed E-state index contributed by atoms with van der Waals surface area (Å²) >= 11 is 0. The second kappa shape index (κ2) is 19.9.